The maximum Gasteiger partial charge on any atom is 0.263 e. The number of ether oxygens (including phenoxy) is 2. The molecule has 0 aliphatic carbocycles. The molecule has 2 aliphatic heterocycles. The minimum atomic E-state index is -0.916. The van der Waals surface area contributed by atoms with Crippen molar-refractivity contribution >= 4 is 82.9 Å². The summed E-state index contributed by atoms with van der Waals surface area (Å²) >= 11 is 7.59. The molecule has 1 aromatic carbocycles. The second kappa shape index (κ2) is 20.6. The predicted octanol–water partition coefficient (Wildman–Crippen LogP) is 8.67. The van der Waals surface area contributed by atoms with Gasteiger partial charge in [-0.15, -0.1) is 0 Å². The second-order valence-electron chi connectivity index (χ2n) is 13.8. The summed E-state index contributed by atoms with van der Waals surface area (Å²) in [6.45, 7) is 11.9. The number of benzene rings is 1. The van der Waals surface area contributed by atoms with Crippen molar-refractivity contribution in [3.05, 3.63) is 112 Å². The van der Waals surface area contributed by atoms with Gasteiger partial charge >= 0.3 is 0 Å². The van der Waals surface area contributed by atoms with Crippen LogP contribution in [0.5, 0.6) is 0 Å². The number of aromatic nitrogens is 6. The molecule has 6 aromatic heterocycles. The number of nitrogens with two attached hydrogens (primary N) is 2. The Balaban J connectivity index is 0.000000150. The summed E-state index contributed by atoms with van der Waals surface area (Å²) in [5.41, 5.74) is 16.6. The molecule has 2 saturated heterocycles. The molecule has 0 bridgehead atoms. The molecule has 2 aliphatic rings. The number of aryl methyl sites for hydroxylation is 3. The van der Waals surface area contributed by atoms with E-state index in [1.54, 1.807) is 12.4 Å². The van der Waals surface area contributed by atoms with Crippen LogP contribution >= 0.6 is 49.9 Å². The molecule has 0 atom stereocenters. The van der Waals surface area contributed by atoms with E-state index in [1.165, 1.54) is 40.1 Å². The van der Waals surface area contributed by atoms with E-state index >= 15 is 0 Å². The van der Waals surface area contributed by atoms with Crippen LogP contribution in [0.3, 0.4) is 0 Å². The third-order valence-electron chi connectivity index (χ3n) is 9.51. The van der Waals surface area contributed by atoms with Crippen LogP contribution < -0.4 is 26.6 Å². The van der Waals surface area contributed by atoms with Crippen molar-refractivity contribution in [2.45, 2.75) is 20.8 Å². The lowest BCUT2D eigenvalue weighted by Crippen LogP contribution is -2.36. The largest absolute Gasteiger partial charge is 0.378 e. The van der Waals surface area contributed by atoms with Crippen LogP contribution in [0.2, 0.25) is 0 Å². The molecule has 9 rings (SSSR count). The number of anilines is 5. The molecule has 0 unspecified atom stereocenters. The Hall–Kier alpha value is -5.51. The van der Waals surface area contributed by atoms with Gasteiger partial charge in [-0.05, 0) is 102 Å². The normalized spacial score (nSPS) is 13.8. The van der Waals surface area contributed by atoms with Crippen LogP contribution in [-0.2, 0) is 9.47 Å². The van der Waals surface area contributed by atoms with E-state index in [0.29, 0.717) is 29.2 Å². The van der Waals surface area contributed by atoms with Crippen LogP contribution in [0.25, 0.3) is 31.3 Å². The smallest absolute Gasteiger partial charge is 0.263 e. The number of carbonyl (C=O) groups is 1. The van der Waals surface area contributed by atoms with Gasteiger partial charge in [0, 0.05) is 44.8 Å². The molecule has 8 heterocycles. The summed E-state index contributed by atoms with van der Waals surface area (Å²) in [7, 11) is 0. The van der Waals surface area contributed by atoms with Gasteiger partial charge < -0.3 is 30.7 Å². The Morgan fingerprint density at radius 2 is 1.10 bits per heavy atom. The first-order chi connectivity index (χ1) is 29.9. The van der Waals surface area contributed by atoms with E-state index in [1.807, 2.05) is 57.3 Å². The van der Waals surface area contributed by atoms with Crippen molar-refractivity contribution < 1.29 is 23.0 Å². The number of pyridine rings is 3. The maximum absolute atomic E-state index is 13.8. The van der Waals surface area contributed by atoms with Crippen molar-refractivity contribution in [1.29, 1.82) is 0 Å². The van der Waals surface area contributed by atoms with E-state index in [4.69, 9.17) is 20.9 Å². The minimum Gasteiger partial charge on any atom is -0.378 e. The highest BCUT2D eigenvalue weighted by Gasteiger charge is 2.21. The van der Waals surface area contributed by atoms with Gasteiger partial charge in [0.1, 0.15) is 33.4 Å². The highest BCUT2D eigenvalue weighted by molar-refractivity contribution is 9.10. The zero-order chi connectivity index (χ0) is 43.8. The number of halogens is 3. The predicted molar refractivity (Wildman–Crippen MR) is 247 cm³/mol. The molecule has 7 aromatic rings. The summed E-state index contributed by atoms with van der Waals surface area (Å²) in [5.74, 6) is -0.866. The quantitative estimate of drug-likeness (QED) is 0.129. The Morgan fingerprint density at radius 3 is 1.55 bits per heavy atom. The topological polar surface area (TPSA) is 183 Å². The molecular formula is C42H42BrF2N11O3S3. The molecule has 0 radical (unpaired) electrons. The number of carbonyl (C=O) groups excluding carboxylic acids is 1. The Morgan fingerprint density at radius 1 is 0.661 bits per heavy atom. The van der Waals surface area contributed by atoms with Crippen molar-refractivity contribution in [2.75, 3.05) is 79.2 Å². The number of nitrogens with one attached hydrogen (secondary N) is 1. The first kappa shape index (κ1) is 44.5. The highest BCUT2D eigenvalue weighted by Crippen LogP contribution is 2.36. The Labute approximate surface area is 377 Å². The summed E-state index contributed by atoms with van der Waals surface area (Å²) in [4.78, 5) is 45.5. The summed E-state index contributed by atoms with van der Waals surface area (Å²) in [6.07, 6.45) is 5.33. The molecule has 0 saturated carbocycles. The number of nitrogen functional groups attached to an aromatic ring is 2. The number of hydrogen-bond donors (Lipinski definition) is 3. The first-order valence-corrected chi connectivity index (χ1v) is 22.6. The van der Waals surface area contributed by atoms with E-state index in [0.717, 1.165) is 110 Å². The lowest BCUT2D eigenvalue weighted by atomic mass is 10.2. The van der Waals surface area contributed by atoms with E-state index in [2.05, 4.69) is 67.0 Å². The zero-order valence-electron chi connectivity index (χ0n) is 33.9. The van der Waals surface area contributed by atoms with Crippen LogP contribution in [-0.4, -0.2) is 88.4 Å². The third kappa shape index (κ3) is 11.1. The average molecular weight is 963 g/mol. The number of morpholine rings is 2. The monoisotopic (exact) mass is 961 g/mol. The fourth-order valence-electron chi connectivity index (χ4n) is 6.56. The van der Waals surface area contributed by atoms with E-state index < -0.39 is 23.1 Å². The zero-order valence-corrected chi connectivity index (χ0v) is 37.9. The molecule has 20 heteroatoms. The number of nitrogens with zero attached hydrogens (tertiary/aromatic N) is 8. The van der Waals surface area contributed by atoms with Gasteiger partial charge in [0.2, 0.25) is 0 Å². The van der Waals surface area contributed by atoms with E-state index in [-0.39, 0.29) is 5.13 Å². The van der Waals surface area contributed by atoms with Crippen LogP contribution in [0.1, 0.15) is 27.4 Å². The lowest BCUT2D eigenvalue weighted by molar-refractivity contribution is 0.101. The molecule has 322 valence electrons. The highest BCUT2D eigenvalue weighted by atomic mass is 79.9. The van der Waals surface area contributed by atoms with Crippen molar-refractivity contribution in [3.8, 4) is 31.3 Å². The summed E-state index contributed by atoms with van der Waals surface area (Å²) in [5, 5.41) is 3.98. The Kier molecular flexibility index (Phi) is 14.8. The van der Waals surface area contributed by atoms with E-state index in [9.17, 15) is 13.6 Å². The number of rotatable bonds is 7. The molecule has 2 fully saturated rings. The number of amides is 1. The van der Waals surface area contributed by atoms with Gasteiger partial charge in [0.05, 0.1) is 58.1 Å². The molecule has 1 amide bonds. The fourth-order valence-corrected chi connectivity index (χ4v) is 9.54. The second-order valence-corrected chi connectivity index (χ2v) is 17.7. The Bertz CT molecular complexity index is 2630. The average Bonchev–Trinajstić information content (AvgIpc) is 3.94. The standard InChI is InChI=1S/C20H18F2N4O2S.C13H16N4OS.C9H8BrN3S/c1-12-18(13-5-6-23-16(11-13)26-7-9-28-10-8-26)29-20(24-12)25-19(27)17-14(21)3-2-4-15(17)22;1-9-12(19-13(14)16-9)10-2-3-15-11(8-10)17-4-6-18-7-5-17;1-5-8(14-9(11)13-5)6-2-3-12-7(10)4-6/h2-6,11H,7-10H2,1H3,(H,24,25,27);2-3,8H,4-7H2,1H3,(H2,14,16);2-4H,1H3,(H2,11,13). The van der Waals surface area contributed by atoms with Gasteiger partial charge in [0.15, 0.2) is 15.4 Å². The van der Waals surface area contributed by atoms with Crippen molar-refractivity contribution in [3.63, 3.8) is 0 Å². The lowest BCUT2D eigenvalue weighted by Gasteiger charge is -2.27. The number of hydrogen-bond acceptors (Lipinski definition) is 16. The van der Waals surface area contributed by atoms with Crippen LogP contribution in [0.4, 0.5) is 35.8 Å². The van der Waals surface area contributed by atoms with Crippen LogP contribution in [0.15, 0.2) is 77.8 Å². The van der Waals surface area contributed by atoms with Gasteiger partial charge in [-0.1, -0.05) is 40.1 Å². The van der Waals surface area contributed by atoms with Crippen LogP contribution in [0, 0.1) is 32.4 Å². The minimum absolute atomic E-state index is 0.273. The third-order valence-corrected chi connectivity index (χ3v) is 13.1. The molecule has 5 N–H and O–H groups in total. The van der Waals surface area contributed by atoms with Crippen molar-refractivity contribution in [2.24, 2.45) is 0 Å². The van der Waals surface area contributed by atoms with Gasteiger partial charge in [0.25, 0.3) is 5.91 Å². The summed E-state index contributed by atoms with van der Waals surface area (Å²) in [6, 6.07) is 15.1. The van der Waals surface area contributed by atoms with Gasteiger partial charge in [-0.25, -0.2) is 38.7 Å². The molecule has 62 heavy (non-hydrogen) atoms. The number of thiazole rings is 3. The maximum atomic E-state index is 13.8. The molecule has 0 spiro atoms. The van der Waals surface area contributed by atoms with Gasteiger partial charge in [-0.3, -0.25) is 10.1 Å². The summed E-state index contributed by atoms with van der Waals surface area (Å²) < 4.78 is 39.2. The molecule has 14 nitrogen and oxygen atoms in total. The van der Waals surface area contributed by atoms with Crippen molar-refractivity contribution in [1.82, 2.24) is 29.9 Å². The fraction of sp³-hybridized carbons (Fsp3) is 0.262. The van der Waals surface area contributed by atoms with Gasteiger partial charge in [-0.2, -0.15) is 0 Å². The molecular weight excluding hydrogens is 921 g/mol. The SMILES string of the molecule is Cc1nc(N)sc1-c1ccnc(Br)c1.Cc1nc(N)sc1-c1ccnc(N2CCOCC2)c1.Cc1nc(NC(=O)c2c(F)cccc2F)sc1-c1ccnc(N2CCOCC2)c1. The first-order valence-electron chi connectivity index (χ1n) is 19.3.